The van der Waals surface area contributed by atoms with Crippen LogP contribution >= 0.6 is 0 Å². The molecule has 1 aliphatic carbocycles. The lowest BCUT2D eigenvalue weighted by atomic mass is 9.94. The van der Waals surface area contributed by atoms with Crippen LogP contribution in [0.25, 0.3) is 0 Å². The molecule has 0 bridgehead atoms. The SMILES string of the molecule is CC(C)(C)OC(=O)N1CC2CC2(c2ccc(N3CCn4c(nnc4C(F)(F)F)C3)cc2)C1. The van der Waals surface area contributed by atoms with Crippen molar-refractivity contribution in [3.63, 3.8) is 0 Å². The first-order valence-electron chi connectivity index (χ1n) is 10.8. The van der Waals surface area contributed by atoms with E-state index in [2.05, 4.69) is 22.3 Å². The summed E-state index contributed by atoms with van der Waals surface area (Å²) in [4.78, 5) is 16.2. The summed E-state index contributed by atoms with van der Waals surface area (Å²) in [7, 11) is 0. The van der Waals surface area contributed by atoms with E-state index in [1.165, 1.54) is 5.56 Å². The van der Waals surface area contributed by atoms with Crippen molar-refractivity contribution < 1.29 is 22.7 Å². The number of rotatable bonds is 2. The number of halogens is 3. The smallest absolute Gasteiger partial charge is 0.444 e. The Labute approximate surface area is 184 Å². The summed E-state index contributed by atoms with van der Waals surface area (Å²) >= 11 is 0. The molecule has 0 N–H and O–H groups in total. The van der Waals surface area contributed by atoms with Gasteiger partial charge in [0.2, 0.25) is 5.82 Å². The van der Waals surface area contributed by atoms with Gasteiger partial charge in [0.25, 0.3) is 0 Å². The van der Waals surface area contributed by atoms with E-state index >= 15 is 0 Å². The number of nitrogens with zero attached hydrogens (tertiary/aromatic N) is 5. The number of ether oxygens (including phenoxy) is 1. The van der Waals surface area contributed by atoms with Gasteiger partial charge >= 0.3 is 12.3 Å². The number of aromatic nitrogens is 3. The highest BCUT2D eigenvalue weighted by molar-refractivity contribution is 5.70. The van der Waals surface area contributed by atoms with E-state index in [0.717, 1.165) is 16.7 Å². The molecule has 1 aromatic heterocycles. The highest BCUT2D eigenvalue weighted by Crippen LogP contribution is 2.59. The van der Waals surface area contributed by atoms with Gasteiger partial charge in [-0.2, -0.15) is 13.2 Å². The Bertz CT molecular complexity index is 1040. The summed E-state index contributed by atoms with van der Waals surface area (Å²) in [5.41, 5.74) is 1.60. The molecular formula is C22H26F3N5O2. The number of carbonyl (C=O) groups is 1. The number of carbonyl (C=O) groups excluding carboxylic acids is 1. The standard InChI is InChI=1S/C22H26F3N5O2/c1-20(2,3)32-19(31)29-11-15-10-21(15,13-29)14-4-6-16(7-5-14)28-8-9-30-17(12-28)26-27-18(30)22(23,24)25/h4-7,15H,8-13H2,1-3H3. The lowest BCUT2D eigenvalue weighted by Gasteiger charge is -2.30. The van der Waals surface area contributed by atoms with Crippen molar-refractivity contribution >= 4 is 11.8 Å². The molecule has 1 amide bonds. The monoisotopic (exact) mass is 449 g/mol. The maximum atomic E-state index is 13.1. The maximum Gasteiger partial charge on any atom is 0.451 e. The van der Waals surface area contributed by atoms with Crippen molar-refractivity contribution in [1.82, 2.24) is 19.7 Å². The zero-order chi connectivity index (χ0) is 22.9. The van der Waals surface area contributed by atoms with Crippen molar-refractivity contribution in [2.75, 3.05) is 24.5 Å². The van der Waals surface area contributed by atoms with Gasteiger partial charge in [-0.25, -0.2) is 4.79 Å². The van der Waals surface area contributed by atoms with Crippen LogP contribution < -0.4 is 4.90 Å². The van der Waals surface area contributed by atoms with E-state index in [1.807, 2.05) is 37.8 Å². The molecule has 2 atom stereocenters. The number of hydrogen-bond donors (Lipinski definition) is 0. The third-order valence-electron chi connectivity index (χ3n) is 6.61. The average molecular weight is 449 g/mol. The number of benzene rings is 1. The zero-order valence-corrected chi connectivity index (χ0v) is 18.3. The molecule has 3 aliphatic rings. The number of anilines is 1. The number of amides is 1. The maximum absolute atomic E-state index is 13.1. The van der Waals surface area contributed by atoms with E-state index in [0.29, 0.717) is 31.4 Å². The van der Waals surface area contributed by atoms with Crippen LogP contribution in [-0.2, 0) is 29.4 Å². The number of fused-ring (bicyclic) bond motifs is 2. The predicted octanol–water partition coefficient (Wildman–Crippen LogP) is 3.83. The normalized spacial score (nSPS) is 24.9. The highest BCUT2D eigenvalue weighted by atomic mass is 19.4. The molecule has 2 aliphatic heterocycles. The summed E-state index contributed by atoms with van der Waals surface area (Å²) in [6, 6.07) is 8.17. The molecule has 2 aromatic rings. The fourth-order valence-corrected chi connectivity index (χ4v) is 4.99. The van der Waals surface area contributed by atoms with E-state index in [9.17, 15) is 18.0 Å². The van der Waals surface area contributed by atoms with E-state index in [1.54, 1.807) is 4.90 Å². The number of piperidine rings is 1. The van der Waals surface area contributed by atoms with Crippen molar-refractivity contribution in [3.05, 3.63) is 41.5 Å². The first-order valence-corrected chi connectivity index (χ1v) is 10.8. The van der Waals surface area contributed by atoms with Crippen LogP contribution in [0.2, 0.25) is 0 Å². The molecule has 2 fully saturated rings. The Hall–Kier alpha value is -2.78. The van der Waals surface area contributed by atoms with Gasteiger partial charge in [0.1, 0.15) is 5.60 Å². The minimum absolute atomic E-state index is 0.0148. The molecule has 0 radical (unpaired) electrons. The van der Waals surface area contributed by atoms with Gasteiger partial charge in [-0.1, -0.05) is 12.1 Å². The van der Waals surface area contributed by atoms with Crippen LogP contribution in [0.15, 0.2) is 24.3 Å². The first-order chi connectivity index (χ1) is 15.0. The van der Waals surface area contributed by atoms with Crippen LogP contribution in [0.3, 0.4) is 0 Å². The molecule has 1 saturated heterocycles. The molecule has 32 heavy (non-hydrogen) atoms. The number of likely N-dealkylation sites (tertiary alicyclic amines) is 1. The molecule has 2 unspecified atom stereocenters. The first kappa shape index (κ1) is 21.1. The summed E-state index contributed by atoms with van der Waals surface area (Å²) in [6.45, 7) is 7.88. The largest absolute Gasteiger partial charge is 0.451 e. The van der Waals surface area contributed by atoms with Gasteiger partial charge in [-0.15, -0.1) is 10.2 Å². The van der Waals surface area contributed by atoms with Crippen LogP contribution in [0, 0.1) is 5.92 Å². The Morgan fingerprint density at radius 3 is 2.50 bits per heavy atom. The fraction of sp³-hybridized carbons (Fsp3) is 0.591. The second-order valence-electron chi connectivity index (χ2n) is 9.98. The topological polar surface area (TPSA) is 63.5 Å². The Morgan fingerprint density at radius 2 is 1.84 bits per heavy atom. The van der Waals surface area contributed by atoms with E-state index < -0.39 is 17.6 Å². The van der Waals surface area contributed by atoms with Crippen molar-refractivity contribution in [2.24, 2.45) is 5.92 Å². The van der Waals surface area contributed by atoms with Gasteiger partial charge in [-0.05, 0) is 50.8 Å². The second kappa shape index (κ2) is 6.86. The van der Waals surface area contributed by atoms with E-state index in [-0.39, 0.29) is 24.6 Å². The summed E-state index contributed by atoms with van der Waals surface area (Å²) in [6.07, 6.45) is -3.71. The minimum Gasteiger partial charge on any atom is -0.444 e. The third kappa shape index (κ3) is 3.59. The lowest BCUT2D eigenvalue weighted by Crippen LogP contribution is -2.37. The number of hydrogen-bond acceptors (Lipinski definition) is 5. The van der Waals surface area contributed by atoms with Gasteiger partial charge in [0, 0.05) is 37.3 Å². The lowest BCUT2D eigenvalue weighted by molar-refractivity contribution is -0.147. The molecular weight excluding hydrogens is 423 g/mol. The fourth-order valence-electron chi connectivity index (χ4n) is 4.99. The van der Waals surface area contributed by atoms with Gasteiger partial charge in [0.15, 0.2) is 5.82 Å². The van der Waals surface area contributed by atoms with Crippen molar-refractivity contribution in [2.45, 2.75) is 57.5 Å². The highest BCUT2D eigenvalue weighted by Gasteiger charge is 2.62. The average Bonchev–Trinajstić information content (AvgIpc) is 3.07. The van der Waals surface area contributed by atoms with Gasteiger partial charge in [0.05, 0.1) is 6.54 Å². The van der Waals surface area contributed by atoms with Crippen molar-refractivity contribution in [3.8, 4) is 0 Å². The minimum atomic E-state index is -4.50. The second-order valence-corrected chi connectivity index (χ2v) is 9.98. The summed E-state index contributed by atoms with van der Waals surface area (Å²) in [5.74, 6) is -0.176. The van der Waals surface area contributed by atoms with E-state index in [4.69, 9.17) is 4.74 Å². The zero-order valence-electron chi connectivity index (χ0n) is 18.3. The molecule has 7 nitrogen and oxygen atoms in total. The van der Waals surface area contributed by atoms with Crippen molar-refractivity contribution in [1.29, 1.82) is 0 Å². The van der Waals surface area contributed by atoms with Crippen LogP contribution in [-0.4, -0.2) is 51.0 Å². The molecule has 1 saturated carbocycles. The molecule has 0 spiro atoms. The predicted molar refractivity (Wildman–Crippen MR) is 110 cm³/mol. The molecule has 10 heteroatoms. The third-order valence-corrected chi connectivity index (χ3v) is 6.61. The van der Waals surface area contributed by atoms with Crippen LogP contribution in [0.1, 0.15) is 44.4 Å². The van der Waals surface area contributed by atoms with Crippen LogP contribution in [0.5, 0.6) is 0 Å². The van der Waals surface area contributed by atoms with Gasteiger partial charge in [-0.3, -0.25) is 0 Å². The van der Waals surface area contributed by atoms with Gasteiger partial charge < -0.3 is 19.1 Å². The molecule has 172 valence electrons. The Kier molecular flexibility index (Phi) is 4.52. The quantitative estimate of drug-likeness (QED) is 0.698. The Morgan fingerprint density at radius 1 is 1.12 bits per heavy atom. The molecule has 3 heterocycles. The summed E-state index contributed by atoms with van der Waals surface area (Å²) < 4.78 is 45.8. The summed E-state index contributed by atoms with van der Waals surface area (Å²) in [5, 5.41) is 7.09. The Balaban J connectivity index is 1.27. The van der Waals surface area contributed by atoms with Crippen LogP contribution in [0.4, 0.5) is 23.7 Å². The molecule has 5 rings (SSSR count). The number of alkyl halides is 3. The molecule has 1 aromatic carbocycles.